The summed E-state index contributed by atoms with van der Waals surface area (Å²) >= 11 is 0. The number of nitrogens with zero attached hydrogens (tertiary/aromatic N) is 3. The molecule has 176 valence electrons. The van der Waals surface area contributed by atoms with Gasteiger partial charge < -0.3 is 10.2 Å². The number of anilines is 2. The lowest BCUT2D eigenvalue weighted by atomic mass is 10.0. The minimum atomic E-state index is -0.735. The number of hydrogen-bond acceptors (Lipinski definition) is 6. The van der Waals surface area contributed by atoms with Crippen molar-refractivity contribution in [1.29, 1.82) is 0 Å². The number of benzene rings is 1. The van der Waals surface area contributed by atoms with Gasteiger partial charge in [-0.2, -0.15) is 0 Å². The Morgan fingerprint density at radius 1 is 1.21 bits per heavy atom. The second kappa shape index (κ2) is 9.38. The van der Waals surface area contributed by atoms with Crippen LogP contribution in [0.2, 0.25) is 0 Å². The first kappa shape index (κ1) is 23.0. The highest BCUT2D eigenvalue weighted by molar-refractivity contribution is 6.14. The molecule has 0 unspecified atom stereocenters. The summed E-state index contributed by atoms with van der Waals surface area (Å²) in [6.07, 6.45) is 3.01. The molecule has 3 heterocycles. The van der Waals surface area contributed by atoms with Crippen LogP contribution in [0.3, 0.4) is 0 Å². The normalized spacial score (nSPS) is 11.1. The van der Waals surface area contributed by atoms with Crippen LogP contribution < -0.4 is 21.9 Å². The van der Waals surface area contributed by atoms with Gasteiger partial charge in [-0.15, -0.1) is 0 Å². The molecule has 0 fully saturated rings. The van der Waals surface area contributed by atoms with Crippen molar-refractivity contribution in [2.75, 3.05) is 10.6 Å². The van der Waals surface area contributed by atoms with Crippen LogP contribution in [0.15, 0.2) is 56.7 Å². The van der Waals surface area contributed by atoms with Crippen LogP contribution in [-0.2, 0) is 13.1 Å². The zero-order valence-corrected chi connectivity index (χ0v) is 19.4. The maximum Gasteiger partial charge on any atom is 0.330 e. The van der Waals surface area contributed by atoms with Crippen LogP contribution in [0.1, 0.15) is 47.1 Å². The highest BCUT2D eigenvalue weighted by atomic mass is 16.3. The molecule has 1 aromatic carbocycles. The van der Waals surface area contributed by atoms with Crippen molar-refractivity contribution < 1.29 is 9.21 Å². The standard InChI is InChI=1S/C25H27N5O4/c1-4-5-10-29-22(26)21(23(31)28-25(29)33)30(14-17-7-6-11-34-17)24(32)19-13-16(3)27-20-9-8-15(2)12-18(19)20/h6-9,11-13H,4-5,10,14,26H2,1-3H3,(H,28,31,33). The summed E-state index contributed by atoms with van der Waals surface area (Å²) in [7, 11) is 0. The van der Waals surface area contributed by atoms with Crippen molar-refractivity contribution in [2.45, 2.75) is 46.7 Å². The van der Waals surface area contributed by atoms with Crippen molar-refractivity contribution >= 4 is 28.3 Å². The van der Waals surface area contributed by atoms with Gasteiger partial charge in [0.1, 0.15) is 11.6 Å². The zero-order chi connectivity index (χ0) is 24.4. The van der Waals surface area contributed by atoms with Crippen LogP contribution in [-0.4, -0.2) is 20.4 Å². The molecule has 4 aromatic rings. The fourth-order valence-corrected chi connectivity index (χ4v) is 3.98. The average molecular weight is 462 g/mol. The van der Waals surface area contributed by atoms with E-state index in [9.17, 15) is 14.4 Å². The Morgan fingerprint density at radius 3 is 2.71 bits per heavy atom. The fraction of sp³-hybridized carbons (Fsp3) is 0.280. The molecule has 34 heavy (non-hydrogen) atoms. The molecule has 0 bridgehead atoms. The lowest BCUT2D eigenvalue weighted by Gasteiger charge is -2.24. The van der Waals surface area contributed by atoms with E-state index in [2.05, 4.69) is 9.97 Å². The Labute approximate surface area is 195 Å². The van der Waals surface area contributed by atoms with Crippen LogP contribution in [0.25, 0.3) is 10.9 Å². The third-order valence-electron chi connectivity index (χ3n) is 5.68. The smallest absolute Gasteiger partial charge is 0.330 e. The summed E-state index contributed by atoms with van der Waals surface area (Å²) in [6.45, 7) is 6.00. The molecule has 0 spiro atoms. The van der Waals surface area contributed by atoms with Gasteiger partial charge in [-0.25, -0.2) is 4.79 Å². The third-order valence-corrected chi connectivity index (χ3v) is 5.68. The number of carbonyl (C=O) groups is 1. The van der Waals surface area contributed by atoms with Crippen molar-refractivity contribution in [1.82, 2.24) is 14.5 Å². The van der Waals surface area contributed by atoms with Gasteiger partial charge in [0.25, 0.3) is 11.5 Å². The summed E-state index contributed by atoms with van der Waals surface area (Å²) in [5, 5.41) is 0.661. The van der Waals surface area contributed by atoms with E-state index in [-0.39, 0.29) is 18.1 Å². The molecular formula is C25H27N5O4. The zero-order valence-electron chi connectivity index (χ0n) is 19.4. The van der Waals surface area contributed by atoms with E-state index in [0.717, 1.165) is 12.0 Å². The molecule has 0 aliphatic carbocycles. The van der Waals surface area contributed by atoms with E-state index in [4.69, 9.17) is 10.2 Å². The first-order chi connectivity index (χ1) is 16.3. The molecule has 3 aromatic heterocycles. The lowest BCUT2D eigenvalue weighted by Crippen LogP contribution is -2.41. The maximum atomic E-state index is 14.0. The van der Waals surface area contributed by atoms with Gasteiger partial charge in [0, 0.05) is 17.6 Å². The number of pyridine rings is 1. The van der Waals surface area contributed by atoms with Gasteiger partial charge in [-0.05, 0) is 50.6 Å². The predicted octanol–water partition coefficient (Wildman–Crippen LogP) is 3.52. The van der Waals surface area contributed by atoms with Gasteiger partial charge >= 0.3 is 5.69 Å². The largest absolute Gasteiger partial charge is 0.467 e. The Bertz CT molecular complexity index is 1470. The van der Waals surface area contributed by atoms with Crippen molar-refractivity contribution in [3.05, 3.63) is 86.1 Å². The first-order valence-corrected chi connectivity index (χ1v) is 11.1. The SMILES string of the molecule is CCCCn1c(N)c(N(Cc2ccco2)C(=O)c2cc(C)nc3ccc(C)cc23)c(=O)[nH]c1=O. The number of amides is 1. The number of H-pyrrole nitrogens is 1. The maximum absolute atomic E-state index is 14.0. The Kier molecular flexibility index (Phi) is 6.36. The van der Waals surface area contributed by atoms with E-state index in [1.807, 2.05) is 32.0 Å². The van der Waals surface area contributed by atoms with E-state index >= 15 is 0 Å². The van der Waals surface area contributed by atoms with E-state index in [1.165, 1.54) is 15.7 Å². The predicted molar refractivity (Wildman–Crippen MR) is 131 cm³/mol. The number of nitrogens with one attached hydrogen (secondary N) is 1. The van der Waals surface area contributed by atoms with Gasteiger partial charge in [-0.3, -0.25) is 29.0 Å². The van der Waals surface area contributed by atoms with Gasteiger partial charge in [0.2, 0.25) is 0 Å². The fourth-order valence-electron chi connectivity index (χ4n) is 3.98. The lowest BCUT2D eigenvalue weighted by molar-refractivity contribution is 0.0984. The second-order valence-corrected chi connectivity index (χ2v) is 8.30. The molecule has 0 atom stereocenters. The minimum Gasteiger partial charge on any atom is -0.467 e. The average Bonchev–Trinajstić information content (AvgIpc) is 3.30. The Hall–Kier alpha value is -4.14. The highest BCUT2D eigenvalue weighted by Crippen LogP contribution is 2.26. The number of hydrogen-bond donors (Lipinski definition) is 2. The van der Waals surface area contributed by atoms with Crippen LogP contribution in [0, 0.1) is 13.8 Å². The highest BCUT2D eigenvalue weighted by Gasteiger charge is 2.28. The topological polar surface area (TPSA) is 127 Å². The molecule has 0 saturated heterocycles. The summed E-state index contributed by atoms with van der Waals surface area (Å²) in [5.41, 5.74) is 7.59. The molecule has 0 saturated carbocycles. The van der Waals surface area contributed by atoms with Crippen molar-refractivity contribution in [3.63, 3.8) is 0 Å². The number of fused-ring (bicyclic) bond motifs is 1. The third kappa shape index (κ3) is 4.36. The molecule has 0 aliphatic rings. The molecule has 0 radical (unpaired) electrons. The van der Waals surface area contributed by atoms with Gasteiger partial charge in [0.05, 0.1) is 23.9 Å². The molecular weight excluding hydrogens is 434 g/mol. The number of unbranched alkanes of at least 4 members (excludes halogenated alkanes) is 1. The number of rotatable bonds is 7. The van der Waals surface area contributed by atoms with Crippen LogP contribution in [0.4, 0.5) is 11.5 Å². The number of aromatic nitrogens is 3. The van der Waals surface area contributed by atoms with Crippen LogP contribution in [0.5, 0.6) is 0 Å². The number of aromatic amines is 1. The quantitative estimate of drug-likeness (QED) is 0.433. The number of aryl methyl sites for hydroxylation is 2. The molecule has 9 nitrogen and oxygen atoms in total. The van der Waals surface area contributed by atoms with E-state index in [0.29, 0.717) is 40.9 Å². The summed E-state index contributed by atoms with van der Waals surface area (Å²) in [4.78, 5) is 47.6. The monoisotopic (exact) mass is 461 g/mol. The van der Waals surface area contributed by atoms with Crippen molar-refractivity contribution in [3.8, 4) is 0 Å². The minimum absolute atomic E-state index is 0.0419. The molecule has 1 amide bonds. The van der Waals surface area contributed by atoms with Crippen LogP contribution >= 0.6 is 0 Å². The molecule has 3 N–H and O–H groups in total. The van der Waals surface area contributed by atoms with E-state index in [1.54, 1.807) is 25.1 Å². The molecule has 4 rings (SSSR count). The molecule has 9 heteroatoms. The van der Waals surface area contributed by atoms with Gasteiger partial charge in [-0.1, -0.05) is 25.0 Å². The Balaban J connectivity index is 1.94. The second-order valence-electron chi connectivity index (χ2n) is 8.30. The molecule has 0 aliphatic heterocycles. The summed E-state index contributed by atoms with van der Waals surface area (Å²) in [6, 6.07) is 10.8. The Morgan fingerprint density at radius 2 is 2.00 bits per heavy atom. The summed E-state index contributed by atoms with van der Waals surface area (Å²) in [5.74, 6) is -0.0477. The number of furan rings is 1. The number of carbonyl (C=O) groups excluding carboxylic acids is 1. The number of nitrogen functional groups attached to an aromatic ring is 1. The number of nitrogens with two attached hydrogens (primary N) is 1. The summed E-state index contributed by atoms with van der Waals surface area (Å²) < 4.78 is 6.77. The van der Waals surface area contributed by atoms with E-state index < -0.39 is 17.2 Å². The van der Waals surface area contributed by atoms with Crippen molar-refractivity contribution in [2.24, 2.45) is 0 Å². The first-order valence-electron chi connectivity index (χ1n) is 11.1. The van der Waals surface area contributed by atoms with Gasteiger partial charge in [0.15, 0.2) is 5.69 Å².